The molecule has 0 unspecified atom stereocenters. The molecule has 1 aliphatic heterocycles. The second kappa shape index (κ2) is 14.3. The van der Waals surface area contributed by atoms with Crippen molar-refractivity contribution in [1.29, 1.82) is 10.5 Å². The van der Waals surface area contributed by atoms with E-state index in [4.69, 9.17) is 14.9 Å². The van der Waals surface area contributed by atoms with Gasteiger partial charge in [-0.05, 0) is 60.4 Å². The number of hydrogen-bond donors (Lipinski definition) is 4. The molecule has 11 nitrogen and oxygen atoms in total. The van der Waals surface area contributed by atoms with Gasteiger partial charge in [-0.25, -0.2) is 19.8 Å². The van der Waals surface area contributed by atoms with Crippen LogP contribution in [0, 0.1) is 28.5 Å². The minimum atomic E-state index is -0.746. The molecule has 0 bridgehead atoms. The van der Waals surface area contributed by atoms with Gasteiger partial charge in [0.2, 0.25) is 0 Å². The van der Waals surface area contributed by atoms with E-state index in [1.807, 2.05) is 6.07 Å². The molecular weight excluding hydrogens is 589 g/mol. The van der Waals surface area contributed by atoms with Gasteiger partial charge in [-0.2, -0.15) is 10.5 Å². The fraction of sp³-hybridized carbons (Fsp3) is 0.206. The fourth-order valence-corrected chi connectivity index (χ4v) is 5.41. The van der Waals surface area contributed by atoms with Gasteiger partial charge in [-0.1, -0.05) is 18.2 Å². The highest BCUT2D eigenvalue weighted by atomic mass is 19.1. The SMILES string of the molecule is COc1ccc(-c2cnc(N3CCC(NCc4ccc(/C=C/C(=O)NO)c(F)c4)CC3)c(C#N)c2-c2ccc(C#N)nc2)cc1O. The number of halogens is 1. The standard InChI is InChI=1S/C34H30FN7O4/c1-46-31-8-5-23(15-30(31)43)28-20-40-34(27(17-37)33(28)24-4-7-26(16-36)39-19-24)42-12-10-25(11-13-42)38-18-21-2-3-22(29(35)14-21)6-9-32(44)41-45/h2-9,14-15,19-20,25,38,43,45H,10-13,18H2,1H3,(H,41,44)/b9-6+. The van der Waals surface area contributed by atoms with Crippen LogP contribution < -0.4 is 20.4 Å². The van der Waals surface area contributed by atoms with Crippen LogP contribution in [0.2, 0.25) is 0 Å². The van der Waals surface area contributed by atoms with Gasteiger partial charge < -0.3 is 20.1 Å². The Morgan fingerprint density at radius 1 is 1.09 bits per heavy atom. The summed E-state index contributed by atoms with van der Waals surface area (Å²) in [6, 6.07) is 17.6. The molecule has 4 aromatic rings. The predicted octanol–water partition coefficient (Wildman–Crippen LogP) is 4.68. The number of hydroxylamine groups is 1. The number of amides is 1. The summed E-state index contributed by atoms with van der Waals surface area (Å²) in [5, 5.41) is 42.2. The average molecular weight is 620 g/mol. The molecule has 12 heteroatoms. The third-order valence-electron chi connectivity index (χ3n) is 7.81. The number of pyridine rings is 2. The molecule has 1 amide bonds. The first-order valence-corrected chi connectivity index (χ1v) is 14.4. The number of aromatic hydroxyl groups is 1. The van der Waals surface area contributed by atoms with Crippen LogP contribution in [0.3, 0.4) is 0 Å². The predicted molar refractivity (Wildman–Crippen MR) is 168 cm³/mol. The van der Waals surface area contributed by atoms with Crippen molar-refractivity contribution in [2.75, 3.05) is 25.1 Å². The maximum absolute atomic E-state index is 14.5. The topological polar surface area (TPSA) is 167 Å². The van der Waals surface area contributed by atoms with Gasteiger partial charge >= 0.3 is 0 Å². The molecule has 1 aliphatic rings. The number of nitriles is 2. The molecule has 46 heavy (non-hydrogen) atoms. The first-order chi connectivity index (χ1) is 22.3. The molecule has 5 rings (SSSR count). The number of ether oxygens (including phenoxy) is 1. The number of phenolic OH excluding ortho intramolecular Hbond substituents is 1. The molecule has 0 saturated carbocycles. The number of methoxy groups -OCH3 is 1. The number of carbonyl (C=O) groups excluding carboxylic acids is 1. The zero-order chi connectivity index (χ0) is 32.6. The molecule has 0 aliphatic carbocycles. The van der Waals surface area contributed by atoms with Crippen molar-refractivity contribution in [2.24, 2.45) is 0 Å². The van der Waals surface area contributed by atoms with Crippen molar-refractivity contribution in [3.8, 4) is 45.9 Å². The van der Waals surface area contributed by atoms with Gasteiger partial charge in [0, 0.05) is 66.4 Å². The molecule has 232 valence electrons. The van der Waals surface area contributed by atoms with Crippen molar-refractivity contribution in [2.45, 2.75) is 25.4 Å². The Kier molecular flexibility index (Phi) is 9.83. The highest BCUT2D eigenvalue weighted by molar-refractivity contribution is 5.91. The second-order valence-corrected chi connectivity index (χ2v) is 10.6. The normalized spacial score (nSPS) is 13.3. The van der Waals surface area contributed by atoms with E-state index in [2.05, 4.69) is 21.3 Å². The minimum Gasteiger partial charge on any atom is -0.504 e. The van der Waals surface area contributed by atoms with Crippen LogP contribution in [-0.2, 0) is 11.3 Å². The van der Waals surface area contributed by atoms with Gasteiger partial charge in [-0.3, -0.25) is 10.0 Å². The zero-order valence-electron chi connectivity index (χ0n) is 24.9. The Bertz CT molecular complexity index is 1860. The van der Waals surface area contributed by atoms with Crippen LogP contribution in [0.5, 0.6) is 11.5 Å². The van der Waals surface area contributed by atoms with Crippen LogP contribution in [0.1, 0.15) is 35.2 Å². The number of carbonyl (C=O) groups is 1. The number of hydrogen-bond acceptors (Lipinski definition) is 10. The van der Waals surface area contributed by atoms with Crippen molar-refractivity contribution in [3.05, 3.63) is 95.2 Å². The summed E-state index contributed by atoms with van der Waals surface area (Å²) in [5.41, 5.74) is 5.51. The van der Waals surface area contributed by atoms with Crippen molar-refractivity contribution < 1.29 is 24.2 Å². The summed E-state index contributed by atoms with van der Waals surface area (Å²) in [6.45, 7) is 1.69. The third-order valence-corrected chi connectivity index (χ3v) is 7.81. The minimum absolute atomic E-state index is 0.0522. The molecule has 1 fully saturated rings. The van der Waals surface area contributed by atoms with Gasteiger partial charge in [0.05, 0.1) is 7.11 Å². The molecule has 4 N–H and O–H groups in total. The Morgan fingerprint density at radius 2 is 1.87 bits per heavy atom. The Hall–Kier alpha value is -5.82. The number of anilines is 1. The summed E-state index contributed by atoms with van der Waals surface area (Å²) in [7, 11) is 1.46. The molecule has 3 heterocycles. The van der Waals surface area contributed by atoms with E-state index in [9.17, 15) is 24.8 Å². The summed E-state index contributed by atoms with van der Waals surface area (Å²) in [4.78, 5) is 22.2. The smallest absolute Gasteiger partial charge is 0.267 e. The van der Waals surface area contributed by atoms with E-state index in [-0.39, 0.29) is 23.0 Å². The average Bonchev–Trinajstić information content (AvgIpc) is 3.09. The van der Waals surface area contributed by atoms with E-state index in [0.717, 1.165) is 24.5 Å². The third kappa shape index (κ3) is 6.94. The summed E-state index contributed by atoms with van der Waals surface area (Å²) < 4.78 is 19.7. The maximum Gasteiger partial charge on any atom is 0.267 e. The number of rotatable bonds is 9. The molecule has 1 saturated heterocycles. The Balaban J connectivity index is 1.35. The molecule has 0 radical (unpaired) electrons. The quantitative estimate of drug-likeness (QED) is 0.117. The summed E-state index contributed by atoms with van der Waals surface area (Å²) in [6.07, 6.45) is 7.08. The number of aromatic nitrogens is 2. The van der Waals surface area contributed by atoms with Crippen LogP contribution in [0.15, 0.2) is 67.0 Å². The van der Waals surface area contributed by atoms with E-state index in [1.165, 1.54) is 24.7 Å². The van der Waals surface area contributed by atoms with E-state index >= 15 is 0 Å². The van der Waals surface area contributed by atoms with E-state index in [1.54, 1.807) is 54.9 Å². The lowest BCUT2D eigenvalue weighted by atomic mass is 9.92. The van der Waals surface area contributed by atoms with Gasteiger partial charge in [0.15, 0.2) is 11.5 Å². The van der Waals surface area contributed by atoms with Crippen molar-refractivity contribution in [3.63, 3.8) is 0 Å². The fourth-order valence-electron chi connectivity index (χ4n) is 5.41. The molecular formula is C34H30FN7O4. The second-order valence-electron chi connectivity index (χ2n) is 10.6. The van der Waals surface area contributed by atoms with Gasteiger partial charge in [0.1, 0.15) is 35.0 Å². The molecule has 2 aromatic carbocycles. The highest BCUT2D eigenvalue weighted by Gasteiger charge is 2.26. The molecule has 2 aromatic heterocycles. The molecule has 0 spiro atoms. The van der Waals surface area contributed by atoms with Crippen molar-refractivity contribution >= 4 is 17.8 Å². The van der Waals surface area contributed by atoms with Gasteiger partial charge in [-0.15, -0.1) is 0 Å². The lowest BCUT2D eigenvalue weighted by molar-refractivity contribution is -0.124. The van der Waals surface area contributed by atoms with Crippen LogP contribution >= 0.6 is 0 Å². The number of piperidine rings is 1. The van der Waals surface area contributed by atoms with Crippen LogP contribution in [-0.4, -0.2) is 52.4 Å². The van der Waals surface area contributed by atoms with Crippen molar-refractivity contribution in [1.82, 2.24) is 20.8 Å². The highest BCUT2D eigenvalue weighted by Crippen LogP contribution is 2.40. The maximum atomic E-state index is 14.5. The Labute approximate surface area is 264 Å². The summed E-state index contributed by atoms with van der Waals surface area (Å²) >= 11 is 0. The lowest BCUT2D eigenvalue weighted by Gasteiger charge is -2.34. The van der Waals surface area contributed by atoms with Crippen LogP contribution in [0.4, 0.5) is 10.2 Å². The number of nitrogens with zero attached hydrogens (tertiary/aromatic N) is 5. The lowest BCUT2D eigenvalue weighted by Crippen LogP contribution is -2.42. The monoisotopic (exact) mass is 619 g/mol. The largest absolute Gasteiger partial charge is 0.504 e. The first kappa shape index (κ1) is 31.6. The van der Waals surface area contributed by atoms with Crippen LogP contribution in [0.25, 0.3) is 28.3 Å². The van der Waals surface area contributed by atoms with Gasteiger partial charge in [0.25, 0.3) is 5.91 Å². The van der Waals surface area contributed by atoms with E-state index < -0.39 is 11.7 Å². The zero-order valence-corrected chi connectivity index (χ0v) is 24.9. The summed E-state index contributed by atoms with van der Waals surface area (Å²) in [5.74, 6) is -0.431. The number of benzene rings is 2. The number of nitrogens with one attached hydrogen (secondary N) is 2. The molecule has 0 atom stereocenters. The first-order valence-electron chi connectivity index (χ1n) is 14.4. The number of phenols is 1. The Morgan fingerprint density at radius 3 is 2.50 bits per heavy atom. The van der Waals surface area contributed by atoms with E-state index in [0.29, 0.717) is 59.0 Å².